The molecule has 0 saturated heterocycles. The number of Topliss-reactive ketones (excluding diaryl/α,β-unsaturated/α-hetero) is 1. The molecular weight excluding hydrogens is 324 g/mol. The normalized spacial score (nSPS) is 12.3. The van der Waals surface area contributed by atoms with Crippen LogP contribution < -0.4 is 10.3 Å². The van der Waals surface area contributed by atoms with Gasteiger partial charge in [0.05, 0.1) is 6.54 Å². The molecule has 3 aromatic rings. The predicted octanol–water partition coefficient (Wildman–Crippen LogP) is 0.842. The van der Waals surface area contributed by atoms with E-state index in [1.54, 1.807) is 35.8 Å². The van der Waals surface area contributed by atoms with Gasteiger partial charge in [0.25, 0.3) is 5.56 Å². The number of nitrogens with zero attached hydrogens (tertiary/aromatic N) is 4. The molecule has 1 aromatic carbocycles. The quantitative estimate of drug-likeness (QED) is 0.667. The van der Waals surface area contributed by atoms with Crippen molar-refractivity contribution in [1.82, 2.24) is 19.2 Å². The zero-order valence-electron chi connectivity index (χ0n) is 13.9. The minimum absolute atomic E-state index is 0.0349. The van der Waals surface area contributed by atoms with Crippen LogP contribution in [0.5, 0.6) is 5.75 Å². The van der Waals surface area contributed by atoms with Gasteiger partial charge in [-0.3, -0.25) is 9.59 Å². The Morgan fingerprint density at radius 2 is 2.16 bits per heavy atom. The van der Waals surface area contributed by atoms with Gasteiger partial charge < -0.3 is 14.4 Å². The maximum absolute atomic E-state index is 11.8. The van der Waals surface area contributed by atoms with E-state index in [0.29, 0.717) is 22.8 Å². The standard InChI is InChI=1S/C17H18N4O4/c1-11-6-16(24)21-17(18-10-19-21)20(11)8-14(23)9-25-15-5-3-4-13(7-15)12(2)22/h3-7,10,14,23H,8-9H2,1-2H3. The van der Waals surface area contributed by atoms with Gasteiger partial charge in [-0.25, -0.2) is 0 Å². The van der Waals surface area contributed by atoms with Gasteiger partial charge in [0.2, 0.25) is 5.78 Å². The lowest BCUT2D eigenvalue weighted by molar-refractivity contribution is 0.0923. The molecule has 0 spiro atoms. The van der Waals surface area contributed by atoms with Crippen LogP contribution in [0.25, 0.3) is 5.78 Å². The minimum Gasteiger partial charge on any atom is -0.491 e. The lowest BCUT2D eigenvalue weighted by Crippen LogP contribution is -2.28. The molecule has 0 aliphatic heterocycles. The number of fused-ring (bicyclic) bond motifs is 1. The van der Waals surface area contributed by atoms with Crippen molar-refractivity contribution in [2.24, 2.45) is 0 Å². The topological polar surface area (TPSA) is 98.7 Å². The summed E-state index contributed by atoms with van der Waals surface area (Å²) in [5, 5.41) is 14.2. The van der Waals surface area contributed by atoms with Gasteiger partial charge >= 0.3 is 0 Å². The number of aryl methyl sites for hydroxylation is 1. The van der Waals surface area contributed by atoms with Crippen LogP contribution >= 0.6 is 0 Å². The summed E-state index contributed by atoms with van der Waals surface area (Å²) < 4.78 is 8.45. The Kier molecular flexibility index (Phi) is 4.62. The summed E-state index contributed by atoms with van der Waals surface area (Å²) in [6.07, 6.45) is 0.464. The minimum atomic E-state index is -0.831. The van der Waals surface area contributed by atoms with E-state index in [9.17, 15) is 14.7 Å². The van der Waals surface area contributed by atoms with Crippen molar-refractivity contribution in [1.29, 1.82) is 0 Å². The number of rotatable bonds is 6. The molecule has 1 unspecified atom stereocenters. The van der Waals surface area contributed by atoms with Crippen LogP contribution in [-0.4, -0.2) is 42.8 Å². The number of ketones is 1. The van der Waals surface area contributed by atoms with Crippen molar-refractivity contribution >= 4 is 11.6 Å². The first-order valence-electron chi connectivity index (χ1n) is 7.78. The molecule has 0 saturated carbocycles. The Bertz CT molecular complexity index is 976. The predicted molar refractivity (Wildman–Crippen MR) is 89.9 cm³/mol. The molecule has 2 aromatic heterocycles. The summed E-state index contributed by atoms with van der Waals surface area (Å²) >= 11 is 0. The van der Waals surface area contributed by atoms with Crippen molar-refractivity contribution in [2.75, 3.05) is 6.61 Å². The molecule has 0 amide bonds. The van der Waals surface area contributed by atoms with Gasteiger partial charge in [-0.2, -0.15) is 14.6 Å². The van der Waals surface area contributed by atoms with Crippen LogP contribution in [0.4, 0.5) is 0 Å². The van der Waals surface area contributed by atoms with E-state index in [1.165, 1.54) is 23.8 Å². The number of ether oxygens (including phenoxy) is 1. The van der Waals surface area contributed by atoms with Crippen molar-refractivity contribution in [3.8, 4) is 5.75 Å². The van der Waals surface area contributed by atoms with Crippen molar-refractivity contribution in [3.63, 3.8) is 0 Å². The molecule has 2 heterocycles. The third-order valence-corrected chi connectivity index (χ3v) is 3.81. The van der Waals surface area contributed by atoms with E-state index in [-0.39, 0.29) is 24.5 Å². The largest absolute Gasteiger partial charge is 0.491 e. The maximum atomic E-state index is 11.8. The fraction of sp³-hybridized carbons (Fsp3) is 0.294. The molecule has 1 atom stereocenters. The second-order valence-corrected chi connectivity index (χ2v) is 5.76. The van der Waals surface area contributed by atoms with E-state index >= 15 is 0 Å². The lowest BCUT2D eigenvalue weighted by Gasteiger charge is -2.17. The number of aliphatic hydroxyl groups is 1. The molecular formula is C17H18N4O4. The van der Waals surface area contributed by atoms with Gasteiger partial charge in [-0.05, 0) is 26.0 Å². The van der Waals surface area contributed by atoms with Gasteiger partial charge in [0.15, 0.2) is 5.78 Å². The van der Waals surface area contributed by atoms with Crippen molar-refractivity contribution in [3.05, 3.63) is 58.3 Å². The van der Waals surface area contributed by atoms with Crippen LogP contribution in [0.1, 0.15) is 23.0 Å². The molecule has 1 N–H and O–H groups in total. The summed E-state index contributed by atoms with van der Waals surface area (Å²) in [6.45, 7) is 3.48. The van der Waals surface area contributed by atoms with Crippen molar-refractivity contribution in [2.45, 2.75) is 26.5 Å². The SMILES string of the molecule is CC(=O)c1cccc(OCC(O)Cn2c(C)cc(=O)n3ncnc23)c1. The Morgan fingerprint density at radius 3 is 2.92 bits per heavy atom. The highest BCUT2D eigenvalue weighted by molar-refractivity contribution is 5.94. The Morgan fingerprint density at radius 1 is 1.36 bits per heavy atom. The van der Waals surface area contributed by atoms with Gasteiger partial charge in [-0.1, -0.05) is 12.1 Å². The summed E-state index contributed by atoms with van der Waals surface area (Å²) in [7, 11) is 0. The molecule has 0 aliphatic carbocycles. The molecule has 25 heavy (non-hydrogen) atoms. The number of hydrogen-bond donors (Lipinski definition) is 1. The Labute approximate surface area is 143 Å². The smallest absolute Gasteiger partial charge is 0.275 e. The van der Waals surface area contributed by atoms with Crippen LogP contribution in [0, 0.1) is 6.92 Å². The zero-order chi connectivity index (χ0) is 18.0. The second kappa shape index (κ2) is 6.86. The fourth-order valence-electron chi connectivity index (χ4n) is 2.54. The summed E-state index contributed by atoms with van der Waals surface area (Å²) in [5.41, 5.74) is 0.949. The molecule has 3 rings (SSSR count). The summed E-state index contributed by atoms with van der Waals surface area (Å²) in [6, 6.07) is 8.23. The number of hydrogen-bond acceptors (Lipinski definition) is 6. The van der Waals surface area contributed by atoms with Crippen LogP contribution in [0.2, 0.25) is 0 Å². The highest BCUT2D eigenvalue weighted by Gasteiger charge is 2.13. The first-order valence-corrected chi connectivity index (χ1v) is 7.78. The second-order valence-electron chi connectivity index (χ2n) is 5.76. The van der Waals surface area contributed by atoms with Gasteiger partial charge in [0.1, 0.15) is 24.8 Å². The van der Waals surface area contributed by atoms with E-state index in [4.69, 9.17) is 4.74 Å². The average Bonchev–Trinajstić information content (AvgIpc) is 3.07. The molecule has 0 aliphatic rings. The molecule has 0 radical (unpaired) electrons. The number of aromatic nitrogens is 4. The number of aliphatic hydroxyl groups excluding tert-OH is 1. The van der Waals surface area contributed by atoms with Crippen LogP contribution in [-0.2, 0) is 6.54 Å². The van der Waals surface area contributed by atoms with E-state index in [0.717, 1.165) is 0 Å². The molecule has 0 fully saturated rings. The highest BCUT2D eigenvalue weighted by Crippen LogP contribution is 2.14. The third-order valence-electron chi connectivity index (χ3n) is 3.81. The fourth-order valence-corrected chi connectivity index (χ4v) is 2.54. The molecule has 0 bridgehead atoms. The van der Waals surface area contributed by atoms with E-state index in [1.807, 2.05) is 0 Å². The molecule has 8 heteroatoms. The van der Waals surface area contributed by atoms with E-state index in [2.05, 4.69) is 10.1 Å². The first-order chi connectivity index (χ1) is 12.0. The number of carbonyl (C=O) groups is 1. The average molecular weight is 342 g/mol. The molecule has 130 valence electrons. The maximum Gasteiger partial charge on any atom is 0.275 e. The third kappa shape index (κ3) is 3.58. The van der Waals surface area contributed by atoms with Crippen molar-refractivity contribution < 1.29 is 14.6 Å². The summed E-state index contributed by atoms with van der Waals surface area (Å²) in [4.78, 5) is 27.3. The Balaban J connectivity index is 1.72. The molecule has 8 nitrogen and oxygen atoms in total. The number of carbonyl (C=O) groups excluding carboxylic acids is 1. The number of benzene rings is 1. The lowest BCUT2D eigenvalue weighted by atomic mass is 10.1. The van der Waals surface area contributed by atoms with Gasteiger partial charge in [-0.15, -0.1) is 0 Å². The van der Waals surface area contributed by atoms with E-state index < -0.39 is 6.10 Å². The van der Waals surface area contributed by atoms with Gasteiger partial charge in [0, 0.05) is 17.3 Å². The monoisotopic (exact) mass is 342 g/mol. The highest BCUT2D eigenvalue weighted by atomic mass is 16.5. The Hall–Kier alpha value is -3.00. The first kappa shape index (κ1) is 16.8. The van der Waals surface area contributed by atoms with Crippen LogP contribution in [0.15, 0.2) is 41.5 Å². The zero-order valence-corrected chi connectivity index (χ0v) is 13.9. The summed E-state index contributed by atoms with van der Waals surface area (Å²) in [5.74, 6) is 0.822. The van der Waals surface area contributed by atoms with Crippen LogP contribution in [0.3, 0.4) is 0 Å².